The monoisotopic (exact) mass is 264 g/mol. The van der Waals surface area contributed by atoms with Crippen molar-refractivity contribution in [3.05, 3.63) is 45.3 Å². The van der Waals surface area contributed by atoms with Gasteiger partial charge in [-0.2, -0.15) is 0 Å². The van der Waals surface area contributed by atoms with Gasteiger partial charge in [0.15, 0.2) is 0 Å². The maximum Gasteiger partial charge on any atom is 0.295 e. The second-order valence-corrected chi connectivity index (χ2v) is 4.81. The minimum atomic E-state index is -0.556. The van der Waals surface area contributed by atoms with Crippen LogP contribution in [0.3, 0.4) is 0 Å². The van der Waals surface area contributed by atoms with Gasteiger partial charge in [0.25, 0.3) is 5.69 Å². The first-order valence-electron chi connectivity index (χ1n) is 6.44. The van der Waals surface area contributed by atoms with Crippen molar-refractivity contribution in [2.75, 3.05) is 11.9 Å². The Labute approximate surface area is 111 Å². The third-order valence-electron chi connectivity index (χ3n) is 3.37. The average Bonchev–Trinajstić information content (AvgIpc) is 2.86. The molecule has 2 rings (SSSR count). The summed E-state index contributed by atoms with van der Waals surface area (Å²) in [5, 5.41) is 13.9. The quantitative estimate of drug-likeness (QED) is 0.497. The Morgan fingerprint density at radius 1 is 1.47 bits per heavy atom. The molecule has 0 amide bonds. The van der Waals surface area contributed by atoms with Crippen molar-refractivity contribution >= 4 is 11.4 Å². The van der Waals surface area contributed by atoms with Crippen molar-refractivity contribution in [1.29, 1.82) is 0 Å². The Balaban J connectivity index is 2.05. The molecular weight excluding hydrogens is 247 g/mol. The number of allylic oxidation sites excluding steroid dienone is 1. The molecule has 102 valence electrons. The smallest absolute Gasteiger partial charge is 0.295 e. The standard InChI is InChI=1S/C14H17FN2O2/c1-10-8-13(14(17(18)19)9-12(10)15)16-7-6-11-4-2-3-5-11/h4,8-9,16H,2-3,5-7H2,1H3. The van der Waals surface area contributed by atoms with Gasteiger partial charge in [-0.25, -0.2) is 4.39 Å². The van der Waals surface area contributed by atoms with Gasteiger partial charge < -0.3 is 5.32 Å². The Hall–Kier alpha value is -1.91. The molecule has 0 bridgehead atoms. The number of aryl methyl sites for hydroxylation is 1. The maximum absolute atomic E-state index is 13.3. The summed E-state index contributed by atoms with van der Waals surface area (Å²) in [5.74, 6) is -0.546. The van der Waals surface area contributed by atoms with Crippen molar-refractivity contribution < 1.29 is 9.31 Å². The van der Waals surface area contributed by atoms with Gasteiger partial charge >= 0.3 is 0 Å². The van der Waals surface area contributed by atoms with Crippen LogP contribution in [0.15, 0.2) is 23.8 Å². The lowest BCUT2D eigenvalue weighted by atomic mass is 10.1. The van der Waals surface area contributed by atoms with E-state index in [1.165, 1.54) is 18.1 Å². The summed E-state index contributed by atoms with van der Waals surface area (Å²) in [6.45, 7) is 2.24. The van der Waals surface area contributed by atoms with Crippen LogP contribution in [0.5, 0.6) is 0 Å². The number of anilines is 1. The minimum Gasteiger partial charge on any atom is -0.379 e. The molecule has 0 saturated heterocycles. The van der Waals surface area contributed by atoms with Crippen molar-refractivity contribution in [1.82, 2.24) is 0 Å². The molecule has 0 fully saturated rings. The molecule has 4 nitrogen and oxygen atoms in total. The number of nitro benzene ring substituents is 1. The van der Waals surface area contributed by atoms with E-state index in [1.807, 2.05) is 0 Å². The lowest BCUT2D eigenvalue weighted by Crippen LogP contribution is -2.06. The molecule has 0 aromatic heterocycles. The molecule has 19 heavy (non-hydrogen) atoms. The number of benzene rings is 1. The van der Waals surface area contributed by atoms with E-state index in [1.54, 1.807) is 6.92 Å². The highest BCUT2D eigenvalue weighted by Gasteiger charge is 2.16. The van der Waals surface area contributed by atoms with Gasteiger partial charge in [-0.05, 0) is 44.2 Å². The van der Waals surface area contributed by atoms with E-state index in [0.29, 0.717) is 17.8 Å². The van der Waals surface area contributed by atoms with Crippen molar-refractivity contribution in [3.63, 3.8) is 0 Å². The number of nitrogens with one attached hydrogen (secondary N) is 1. The Bertz CT molecular complexity index is 526. The predicted molar refractivity (Wildman–Crippen MR) is 72.8 cm³/mol. The van der Waals surface area contributed by atoms with Crippen molar-refractivity contribution in [2.45, 2.75) is 32.6 Å². The summed E-state index contributed by atoms with van der Waals surface area (Å²) in [5.41, 5.74) is 1.99. The molecular formula is C14H17FN2O2. The molecule has 1 aliphatic rings. The molecule has 5 heteroatoms. The molecule has 0 heterocycles. The molecule has 0 atom stereocenters. The fourth-order valence-electron chi connectivity index (χ4n) is 2.29. The zero-order chi connectivity index (χ0) is 13.8. The van der Waals surface area contributed by atoms with E-state index < -0.39 is 10.7 Å². The zero-order valence-corrected chi connectivity index (χ0v) is 10.9. The number of hydrogen-bond acceptors (Lipinski definition) is 3. The predicted octanol–water partition coefficient (Wildman–Crippen LogP) is 3.95. The molecule has 0 saturated carbocycles. The number of halogens is 1. The molecule has 0 radical (unpaired) electrons. The van der Waals surface area contributed by atoms with Gasteiger partial charge in [-0.15, -0.1) is 0 Å². The molecule has 1 N–H and O–H groups in total. The Kier molecular flexibility index (Phi) is 4.14. The molecule has 0 spiro atoms. The highest BCUT2D eigenvalue weighted by Crippen LogP contribution is 2.28. The van der Waals surface area contributed by atoms with E-state index in [9.17, 15) is 14.5 Å². The third kappa shape index (κ3) is 3.30. The lowest BCUT2D eigenvalue weighted by Gasteiger charge is -2.09. The van der Waals surface area contributed by atoms with E-state index in [0.717, 1.165) is 25.3 Å². The Morgan fingerprint density at radius 2 is 2.26 bits per heavy atom. The zero-order valence-electron chi connectivity index (χ0n) is 10.9. The summed E-state index contributed by atoms with van der Waals surface area (Å²) in [6.07, 6.45) is 6.56. The first-order valence-corrected chi connectivity index (χ1v) is 6.44. The van der Waals surface area contributed by atoms with Crippen LogP contribution in [0.25, 0.3) is 0 Å². The van der Waals surface area contributed by atoms with Gasteiger partial charge in [0, 0.05) is 6.54 Å². The van der Waals surface area contributed by atoms with Crippen LogP contribution >= 0.6 is 0 Å². The molecule has 0 unspecified atom stereocenters. The molecule has 0 aliphatic heterocycles. The fraction of sp³-hybridized carbons (Fsp3) is 0.429. The fourth-order valence-corrected chi connectivity index (χ4v) is 2.29. The normalized spacial score (nSPS) is 14.3. The first-order chi connectivity index (χ1) is 9.08. The molecule has 1 aliphatic carbocycles. The van der Waals surface area contributed by atoms with Crippen LogP contribution < -0.4 is 5.32 Å². The van der Waals surface area contributed by atoms with Gasteiger partial charge in [0.05, 0.1) is 11.0 Å². The summed E-state index contributed by atoms with van der Waals surface area (Å²) < 4.78 is 13.3. The maximum atomic E-state index is 13.3. The van der Waals surface area contributed by atoms with Gasteiger partial charge in [-0.1, -0.05) is 11.6 Å². The highest BCUT2D eigenvalue weighted by molar-refractivity contribution is 5.63. The van der Waals surface area contributed by atoms with Crippen LogP contribution in [0.4, 0.5) is 15.8 Å². The van der Waals surface area contributed by atoms with Gasteiger partial charge in [0.1, 0.15) is 11.5 Å². The van der Waals surface area contributed by atoms with Crippen molar-refractivity contribution in [2.24, 2.45) is 0 Å². The highest BCUT2D eigenvalue weighted by atomic mass is 19.1. The van der Waals surface area contributed by atoms with E-state index >= 15 is 0 Å². The minimum absolute atomic E-state index is 0.205. The molecule has 1 aromatic carbocycles. The summed E-state index contributed by atoms with van der Waals surface area (Å²) in [4.78, 5) is 10.3. The third-order valence-corrected chi connectivity index (χ3v) is 3.37. The lowest BCUT2D eigenvalue weighted by molar-refractivity contribution is -0.384. The van der Waals surface area contributed by atoms with Crippen LogP contribution in [0.1, 0.15) is 31.2 Å². The average molecular weight is 264 g/mol. The summed E-state index contributed by atoms with van der Waals surface area (Å²) >= 11 is 0. The number of rotatable bonds is 5. The van der Waals surface area contributed by atoms with Crippen LogP contribution in [0, 0.1) is 22.9 Å². The van der Waals surface area contributed by atoms with Gasteiger partial charge in [-0.3, -0.25) is 10.1 Å². The van der Waals surface area contributed by atoms with Crippen molar-refractivity contribution in [3.8, 4) is 0 Å². The summed E-state index contributed by atoms with van der Waals surface area (Å²) in [7, 11) is 0. The van der Waals surface area contributed by atoms with Crippen LogP contribution in [-0.2, 0) is 0 Å². The second-order valence-electron chi connectivity index (χ2n) is 4.81. The number of nitro groups is 1. The first kappa shape index (κ1) is 13.5. The number of nitrogens with zero attached hydrogens (tertiary/aromatic N) is 1. The summed E-state index contributed by atoms with van der Waals surface area (Å²) in [6, 6.07) is 2.48. The van der Waals surface area contributed by atoms with E-state index in [2.05, 4.69) is 11.4 Å². The van der Waals surface area contributed by atoms with Crippen LogP contribution in [0.2, 0.25) is 0 Å². The number of hydrogen-bond donors (Lipinski definition) is 1. The van der Waals surface area contributed by atoms with E-state index in [4.69, 9.17) is 0 Å². The Morgan fingerprint density at radius 3 is 2.89 bits per heavy atom. The van der Waals surface area contributed by atoms with E-state index in [-0.39, 0.29) is 5.69 Å². The molecule has 1 aromatic rings. The largest absolute Gasteiger partial charge is 0.379 e. The SMILES string of the molecule is Cc1cc(NCCC2=CCCC2)c([N+](=O)[O-])cc1F. The second kappa shape index (κ2) is 5.82. The van der Waals surface area contributed by atoms with Crippen LogP contribution in [-0.4, -0.2) is 11.5 Å². The topological polar surface area (TPSA) is 55.2 Å². The van der Waals surface area contributed by atoms with Gasteiger partial charge in [0.2, 0.25) is 0 Å².